The zero-order valence-corrected chi connectivity index (χ0v) is 12.5. The quantitative estimate of drug-likeness (QED) is 0.635. The molecule has 0 spiro atoms. The molecule has 0 bridgehead atoms. The summed E-state index contributed by atoms with van der Waals surface area (Å²) in [5.41, 5.74) is 5.94. The SMILES string of the molecule is CC(C)(C)c1nnsc1C(=O)NCCCC(N)=S. The van der Waals surface area contributed by atoms with E-state index in [4.69, 9.17) is 18.0 Å². The van der Waals surface area contributed by atoms with Crippen molar-refractivity contribution < 1.29 is 4.79 Å². The lowest BCUT2D eigenvalue weighted by atomic mass is 9.91. The first kappa shape index (κ1) is 15.0. The molecule has 3 N–H and O–H groups in total. The Morgan fingerprint density at radius 2 is 2.17 bits per heavy atom. The van der Waals surface area contributed by atoms with Crippen molar-refractivity contribution in [2.45, 2.75) is 39.0 Å². The van der Waals surface area contributed by atoms with Gasteiger partial charge in [0.1, 0.15) is 4.88 Å². The Labute approximate surface area is 116 Å². The van der Waals surface area contributed by atoms with E-state index in [1.54, 1.807) is 0 Å². The number of hydrogen-bond acceptors (Lipinski definition) is 5. The van der Waals surface area contributed by atoms with Crippen LogP contribution in [0.5, 0.6) is 0 Å². The molecule has 0 saturated heterocycles. The zero-order chi connectivity index (χ0) is 13.8. The molecule has 0 atom stereocenters. The Balaban J connectivity index is 2.57. The van der Waals surface area contributed by atoms with Crippen molar-refractivity contribution in [3.8, 4) is 0 Å². The molecule has 0 unspecified atom stereocenters. The van der Waals surface area contributed by atoms with Crippen molar-refractivity contribution in [3.63, 3.8) is 0 Å². The molecular weight excluding hydrogens is 268 g/mol. The molecular formula is C11H18N4OS2. The molecule has 1 rings (SSSR count). The molecule has 1 aromatic rings. The van der Waals surface area contributed by atoms with Crippen LogP contribution >= 0.6 is 23.8 Å². The van der Waals surface area contributed by atoms with E-state index in [9.17, 15) is 4.79 Å². The van der Waals surface area contributed by atoms with E-state index in [-0.39, 0.29) is 11.3 Å². The standard InChI is InChI=1S/C11H18N4OS2/c1-11(2,3)9-8(18-15-14-9)10(16)13-6-4-5-7(12)17/h4-6H2,1-3H3,(H2,12,17)(H,13,16). The lowest BCUT2D eigenvalue weighted by Gasteiger charge is -2.16. The third-order valence-electron chi connectivity index (χ3n) is 2.29. The molecule has 0 aliphatic heterocycles. The normalized spacial score (nSPS) is 11.3. The summed E-state index contributed by atoms with van der Waals surface area (Å²) in [5, 5.41) is 6.86. The number of hydrogen-bond donors (Lipinski definition) is 2. The van der Waals surface area contributed by atoms with Gasteiger partial charge in [-0.1, -0.05) is 37.5 Å². The lowest BCUT2D eigenvalue weighted by Crippen LogP contribution is -2.27. The molecule has 0 radical (unpaired) electrons. The van der Waals surface area contributed by atoms with E-state index in [2.05, 4.69) is 14.9 Å². The molecule has 1 aromatic heterocycles. The Bertz CT molecular complexity index is 436. The van der Waals surface area contributed by atoms with Crippen LogP contribution in [0.15, 0.2) is 0 Å². The number of aromatic nitrogens is 2. The summed E-state index contributed by atoms with van der Waals surface area (Å²) in [7, 11) is 0. The highest BCUT2D eigenvalue weighted by Crippen LogP contribution is 2.25. The Morgan fingerprint density at radius 3 is 2.72 bits per heavy atom. The van der Waals surface area contributed by atoms with Gasteiger partial charge in [0.05, 0.1) is 10.7 Å². The van der Waals surface area contributed by atoms with Gasteiger partial charge in [0.25, 0.3) is 5.91 Å². The fraction of sp³-hybridized carbons (Fsp3) is 0.636. The molecule has 0 aromatic carbocycles. The van der Waals surface area contributed by atoms with Crippen molar-refractivity contribution >= 4 is 34.6 Å². The molecule has 1 heterocycles. The van der Waals surface area contributed by atoms with E-state index in [1.807, 2.05) is 20.8 Å². The number of nitrogens with two attached hydrogens (primary N) is 1. The first-order valence-corrected chi connectivity index (χ1v) is 6.90. The Kier molecular flexibility index (Phi) is 5.15. The van der Waals surface area contributed by atoms with Gasteiger partial charge in [-0.15, -0.1) is 5.10 Å². The van der Waals surface area contributed by atoms with Gasteiger partial charge in [-0.2, -0.15) is 0 Å². The van der Waals surface area contributed by atoms with Crippen molar-refractivity contribution in [1.82, 2.24) is 14.9 Å². The Hall–Kier alpha value is -1.08. The first-order valence-electron chi connectivity index (χ1n) is 5.71. The summed E-state index contributed by atoms with van der Waals surface area (Å²) in [4.78, 5) is 13.0. The summed E-state index contributed by atoms with van der Waals surface area (Å²) in [5.74, 6) is -0.127. The molecule has 0 fully saturated rings. The summed E-state index contributed by atoms with van der Waals surface area (Å²) < 4.78 is 3.86. The highest BCUT2D eigenvalue weighted by molar-refractivity contribution is 7.80. The van der Waals surface area contributed by atoms with Crippen LogP contribution in [-0.4, -0.2) is 27.0 Å². The van der Waals surface area contributed by atoms with Crippen LogP contribution in [0.1, 0.15) is 49.0 Å². The van der Waals surface area contributed by atoms with E-state index >= 15 is 0 Å². The van der Waals surface area contributed by atoms with Gasteiger partial charge in [0, 0.05) is 12.0 Å². The number of thiocarbonyl (C=S) groups is 1. The second-order valence-corrected chi connectivity index (χ2v) is 6.30. The van der Waals surface area contributed by atoms with Crippen LogP contribution in [0.2, 0.25) is 0 Å². The second-order valence-electron chi connectivity index (χ2n) is 5.03. The van der Waals surface area contributed by atoms with Crippen LogP contribution < -0.4 is 11.1 Å². The smallest absolute Gasteiger partial charge is 0.264 e. The molecule has 7 heteroatoms. The van der Waals surface area contributed by atoms with E-state index in [0.29, 0.717) is 22.8 Å². The number of carbonyl (C=O) groups is 1. The highest BCUT2D eigenvalue weighted by Gasteiger charge is 2.25. The summed E-state index contributed by atoms with van der Waals surface area (Å²) in [6.45, 7) is 6.58. The maximum absolute atomic E-state index is 12.0. The molecule has 0 aliphatic rings. The second kappa shape index (κ2) is 6.19. The van der Waals surface area contributed by atoms with E-state index < -0.39 is 0 Å². The molecule has 5 nitrogen and oxygen atoms in total. The van der Waals surface area contributed by atoms with Gasteiger partial charge < -0.3 is 11.1 Å². The van der Waals surface area contributed by atoms with Crippen LogP contribution in [0.4, 0.5) is 0 Å². The van der Waals surface area contributed by atoms with Gasteiger partial charge in [0.15, 0.2) is 0 Å². The minimum atomic E-state index is -0.182. The summed E-state index contributed by atoms with van der Waals surface area (Å²) in [6.07, 6.45) is 1.39. The van der Waals surface area contributed by atoms with Crippen LogP contribution in [0.25, 0.3) is 0 Å². The minimum absolute atomic E-state index is 0.127. The maximum Gasteiger partial charge on any atom is 0.264 e. The van der Waals surface area contributed by atoms with Gasteiger partial charge >= 0.3 is 0 Å². The Morgan fingerprint density at radius 1 is 1.50 bits per heavy atom. The fourth-order valence-corrected chi connectivity index (χ4v) is 2.31. The van der Waals surface area contributed by atoms with E-state index in [1.165, 1.54) is 0 Å². The van der Waals surface area contributed by atoms with Gasteiger partial charge in [-0.05, 0) is 24.4 Å². The average Bonchev–Trinajstić information content (AvgIpc) is 2.72. The average molecular weight is 286 g/mol. The predicted molar refractivity (Wildman–Crippen MR) is 77.0 cm³/mol. The maximum atomic E-state index is 12.0. The third-order valence-corrected chi connectivity index (χ3v) is 3.22. The first-order chi connectivity index (χ1) is 8.32. The van der Waals surface area contributed by atoms with Crippen LogP contribution in [-0.2, 0) is 5.41 Å². The highest BCUT2D eigenvalue weighted by atomic mass is 32.1. The number of amides is 1. The predicted octanol–water partition coefficient (Wildman–Crippen LogP) is 1.63. The molecule has 100 valence electrons. The van der Waals surface area contributed by atoms with Crippen molar-refractivity contribution in [3.05, 3.63) is 10.6 Å². The molecule has 0 saturated carbocycles. The molecule has 1 amide bonds. The van der Waals surface area contributed by atoms with Gasteiger partial charge in [-0.3, -0.25) is 4.79 Å². The topological polar surface area (TPSA) is 80.9 Å². The number of nitrogens with one attached hydrogen (secondary N) is 1. The molecule has 18 heavy (non-hydrogen) atoms. The van der Waals surface area contributed by atoms with Crippen molar-refractivity contribution in [2.24, 2.45) is 5.73 Å². The fourth-order valence-electron chi connectivity index (χ4n) is 1.38. The number of rotatable bonds is 5. The number of carbonyl (C=O) groups excluding carboxylic acids is 1. The van der Waals surface area contributed by atoms with Crippen LogP contribution in [0.3, 0.4) is 0 Å². The number of nitrogens with zero attached hydrogens (tertiary/aromatic N) is 2. The zero-order valence-electron chi connectivity index (χ0n) is 10.8. The summed E-state index contributed by atoms with van der Waals surface area (Å²) >= 11 is 5.90. The van der Waals surface area contributed by atoms with Gasteiger partial charge in [0.2, 0.25) is 0 Å². The monoisotopic (exact) mass is 286 g/mol. The van der Waals surface area contributed by atoms with Crippen LogP contribution in [0, 0.1) is 0 Å². The third kappa shape index (κ3) is 4.30. The van der Waals surface area contributed by atoms with Crippen molar-refractivity contribution in [1.29, 1.82) is 0 Å². The lowest BCUT2D eigenvalue weighted by molar-refractivity contribution is 0.0955. The van der Waals surface area contributed by atoms with Gasteiger partial charge in [-0.25, -0.2) is 0 Å². The largest absolute Gasteiger partial charge is 0.393 e. The minimum Gasteiger partial charge on any atom is -0.393 e. The van der Waals surface area contributed by atoms with Crippen molar-refractivity contribution in [2.75, 3.05) is 6.54 Å². The molecule has 0 aliphatic carbocycles. The van der Waals surface area contributed by atoms with E-state index in [0.717, 1.165) is 23.6 Å². The summed E-state index contributed by atoms with van der Waals surface area (Å²) in [6, 6.07) is 0.